The Morgan fingerprint density at radius 1 is 1.21 bits per heavy atom. The third kappa shape index (κ3) is 4.97. The van der Waals surface area contributed by atoms with E-state index >= 15 is 0 Å². The smallest absolute Gasteiger partial charge is 0.321 e. The molecular weight excluding hydrogens is 386 g/mol. The zero-order valence-electron chi connectivity index (χ0n) is 15.7. The molecule has 2 aromatic heterocycles. The lowest BCUT2D eigenvalue weighted by Crippen LogP contribution is -2.34. The summed E-state index contributed by atoms with van der Waals surface area (Å²) in [5.41, 5.74) is 2.79. The van der Waals surface area contributed by atoms with Gasteiger partial charge in [0.25, 0.3) is 0 Å². The summed E-state index contributed by atoms with van der Waals surface area (Å²) < 4.78 is 0. The van der Waals surface area contributed by atoms with Crippen LogP contribution in [0.15, 0.2) is 60.2 Å². The van der Waals surface area contributed by atoms with Gasteiger partial charge < -0.3 is 10.2 Å². The minimum atomic E-state index is -0.314. The van der Waals surface area contributed by atoms with Crippen molar-refractivity contribution < 1.29 is 9.59 Å². The number of thiazole rings is 1. The first-order valence-corrected chi connectivity index (χ1v) is 10.3. The lowest BCUT2D eigenvalue weighted by atomic mass is 10.1. The number of aromatic nitrogens is 2. The van der Waals surface area contributed by atoms with Crippen molar-refractivity contribution in [3.8, 4) is 11.3 Å². The standard InChI is InChI=1S/C21H21N5O2S/c27-19-9-16(13-26(19)12-15-5-2-1-3-6-15)10-23-20(28)25-21-24-18(14-29-21)17-7-4-8-22-11-17/h1-8,11,14,16H,9-10,12-13H2,(H2,23,24,25,28)/t16-/m1/s1. The summed E-state index contributed by atoms with van der Waals surface area (Å²) in [5, 5.41) is 8.01. The van der Waals surface area contributed by atoms with E-state index in [4.69, 9.17) is 0 Å². The van der Waals surface area contributed by atoms with Gasteiger partial charge in [-0.05, 0) is 17.7 Å². The monoisotopic (exact) mass is 407 g/mol. The van der Waals surface area contributed by atoms with E-state index in [1.165, 1.54) is 11.3 Å². The molecule has 1 atom stereocenters. The third-order valence-corrected chi connectivity index (χ3v) is 5.50. The molecule has 0 aliphatic carbocycles. The number of anilines is 1. The van der Waals surface area contributed by atoms with E-state index in [2.05, 4.69) is 20.6 Å². The van der Waals surface area contributed by atoms with Crippen LogP contribution in [0, 0.1) is 5.92 Å². The molecule has 148 valence electrons. The molecule has 8 heteroatoms. The molecule has 2 N–H and O–H groups in total. The van der Waals surface area contributed by atoms with Crippen LogP contribution in [-0.4, -0.2) is 39.9 Å². The van der Waals surface area contributed by atoms with Crippen LogP contribution in [0.2, 0.25) is 0 Å². The van der Waals surface area contributed by atoms with E-state index in [1.54, 1.807) is 12.4 Å². The zero-order chi connectivity index (χ0) is 20.1. The number of hydrogen-bond acceptors (Lipinski definition) is 5. The van der Waals surface area contributed by atoms with E-state index in [0.29, 0.717) is 31.2 Å². The maximum absolute atomic E-state index is 12.2. The molecule has 4 rings (SSSR count). The molecular formula is C21H21N5O2S. The Morgan fingerprint density at radius 3 is 2.86 bits per heavy atom. The number of rotatable bonds is 6. The van der Waals surface area contributed by atoms with E-state index in [0.717, 1.165) is 16.8 Å². The van der Waals surface area contributed by atoms with Crippen molar-refractivity contribution in [1.29, 1.82) is 0 Å². The minimum absolute atomic E-state index is 0.110. The lowest BCUT2D eigenvalue weighted by molar-refractivity contribution is -0.128. The average Bonchev–Trinajstić information content (AvgIpc) is 3.35. The first kappa shape index (κ1) is 19.1. The van der Waals surface area contributed by atoms with Crippen molar-refractivity contribution in [2.75, 3.05) is 18.4 Å². The Morgan fingerprint density at radius 2 is 2.07 bits per heavy atom. The van der Waals surface area contributed by atoms with Crippen LogP contribution < -0.4 is 10.6 Å². The van der Waals surface area contributed by atoms with E-state index < -0.39 is 0 Å². The fourth-order valence-electron chi connectivity index (χ4n) is 3.30. The van der Waals surface area contributed by atoms with Crippen molar-refractivity contribution in [3.05, 3.63) is 65.8 Å². The van der Waals surface area contributed by atoms with Crippen LogP contribution in [0.5, 0.6) is 0 Å². The van der Waals surface area contributed by atoms with Crippen molar-refractivity contribution in [3.63, 3.8) is 0 Å². The van der Waals surface area contributed by atoms with Crippen molar-refractivity contribution >= 4 is 28.4 Å². The maximum atomic E-state index is 12.2. The van der Waals surface area contributed by atoms with Gasteiger partial charge >= 0.3 is 6.03 Å². The average molecular weight is 407 g/mol. The van der Waals surface area contributed by atoms with Crippen molar-refractivity contribution in [2.24, 2.45) is 5.92 Å². The van der Waals surface area contributed by atoms with Gasteiger partial charge in [-0.1, -0.05) is 30.3 Å². The number of urea groups is 1. The van der Waals surface area contributed by atoms with E-state index in [-0.39, 0.29) is 17.9 Å². The van der Waals surface area contributed by atoms with Crippen LogP contribution in [0.1, 0.15) is 12.0 Å². The van der Waals surface area contributed by atoms with E-state index in [1.807, 2.05) is 52.7 Å². The van der Waals surface area contributed by atoms with Crippen molar-refractivity contribution in [2.45, 2.75) is 13.0 Å². The highest BCUT2D eigenvalue weighted by Gasteiger charge is 2.29. The Hall–Kier alpha value is -3.26. The van der Waals surface area contributed by atoms with Gasteiger partial charge in [-0.25, -0.2) is 9.78 Å². The van der Waals surface area contributed by atoms with Gasteiger partial charge in [0, 0.05) is 55.3 Å². The number of carbonyl (C=O) groups excluding carboxylic acids is 2. The number of carbonyl (C=O) groups is 2. The molecule has 0 bridgehead atoms. The Kier molecular flexibility index (Phi) is 5.81. The largest absolute Gasteiger partial charge is 0.338 e. The van der Waals surface area contributed by atoms with Crippen LogP contribution in [0.25, 0.3) is 11.3 Å². The number of pyridine rings is 1. The van der Waals surface area contributed by atoms with Gasteiger partial charge in [0.2, 0.25) is 5.91 Å². The number of amides is 3. The molecule has 3 amide bonds. The topological polar surface area (TPSA) is 87.2 Å². The Labute approximate surface area is 172 Å². The molecule has 1 aromatic carbocycles. The summed E-state index contributed by atoms with van der Waals surface area (Å²) in [7, 11) is 0. The summed E-state index contributed by atoms with van der Waals surface area (Å²) in [4.78, 5) is 34.8. The summed E-state index contributed by atoms with van der Waals surface area (Å²) >= 11 is 1.36. The second-order valence-electron chi connectivity index (χ2n) is 6.94. The first-order chi connectivity index (χ1) is 14.2. The number of likely N-dealkylation sites (tertiary alicyclic amines) is 1. The third-order valence-electron chi connectivity index (χ3n) is 4.74. The fourth-order valence-corrected chi connectivity index (χ4v) is 4.02. The summed E-state index contributed by atoms with van der Waals surface area (Å²) in [6.45, 7) is 1.71. The Bertz CT molecular complexity index is 977. The van der Waals surface area contributed by atoms with Crippen LogP contribution in [0.3, 0.4) is 0 Å². The molecule has 29 heavy (non-hydrogen) atoms. The number of hydrogen-bond donors (Lipinski definition) is 2. The first-order valence-electron chi connectivity index (χ1n) is 9.40. The molecule has 0 unspecified atom stereocenters. The predicted molar refractivity (Wildman–Crippen MR) is 112 cm³/mol. The minimum Gasteiger partial charge on any atom is -0.338 e. The summed E-state index contributed by atoms with van der Waals surface area (Å²) in [5.74, 6) is 0.237. The molecule has 0 radical (unpaired) electrons. The SMILES string of the molecule is O=C(NC[C@H]1CC(=O)N(Cc2ccccc2)C1)Nc1nc(-c2cccnc2)cs1. The van der Waals surface area contributed by atoms with Gasteiger partial charge in [0.05, 0.1) is 5.69 Å². The normalized spacial score (nSPS) is 16.1. The van der Waals surface area contributed by atoms with E-state index in [9.17, 15) is 9.59 Å². The fraction of sp³-hybridized carbons (Fsp3) is 0.238. The maximum Gasteiger partial charge on any atom is 0.321 e. The lowest BCUT2D eigenvalue weighted by Gasteiger charge is -2.17. The second-order valence-corrected chi connectivity index (χ2v) is 7.80. The summed E-state index contributed by atoms with van der Waals surface area (Å²) in [6, 6.07) is 13.4. The van der Waals surface area contributed by atoms with Crippen molar-refractivity contribution in [1.82, 2.24) is 20.2 Å². The second kappa shape index (κ2) is 8.83. The zero-order valence-corrected chi connectivity index (χ0v) is 16.6. The van der Waals surface area contributed by atoms with Crippen LogP contribution >= 0.6 is 11.3 Å². The molecule has 1 fully saturated rings. The van der Waals surface area contributed by atoms with Gasteiger partial charge in [-0.3, -0.25) is 15.1 Å². The van der Waals surface area contributed by atoms with Crippen LogP contribution in [0.4, 0.5) is 9.93 Å². The van der Waals surface area contributed by atoms with Crippen LogP contribution in [-0.2, 0) is 11.3 Å². The highest BCUT2D eigenvalue weighted by Crippen LogP contribution is 2.24. The molecule has 7 nitrogen and oxygen atoms in total. The molecule has 3 heterocycles. The van der Waals surface area contributed by atoms with Gasteiger partial charge in [-0.15, -0.1) is 11.3 Å². The molecule has 0 spiro atoms. The highest BCUT2D eigenvalue weighted by molar-refractivity contribution is 7.14. The predicted octanol–water partition coefficient (Wildman–Crippen LogP) is 3.38. The molecule has 1 saturated heterocycles. The quantitative estimate of drug-likeness (QED) is 0.656. The summed E-state index contributed by atoms with van der Waals surface area (Å²) in [6.07, 6.45) is 3.89. The Balaban J connectivity index is 1.25. The molecule has 3 aromatic rings. The molecule has 0 saturated carbocycles. The molecule has 1 aliphatic heterocycles. The number of nitrogens with one attached hydrogen (secondary N) is 2. The molecule has 1 aliphatic rings. The number of benzene rings is 1. The van der Waals surface area contributed by atoms with Gasteiger partial charge in [-0.2, -0.15) is 0 Å². The highest BCUT2D eigenvalue weighted by atomic mass is 32.1. The van der Waals surface area contributed by atoms with Gasteiger partial charge in [0.1, 0.15) is 0 Å². The van der Waals surface area contributed by atoms with Gasteiger partial charge in [0.15, 0.2) is 5.13 Å². The number of nitrogens with zero attached hydrogens (tertiary/aromatic N) is 3.